The molecule has 1 aromatic rings. The minimum absolute atomic E-state index is 0.116. The highest BCUT2D eigenvalue weighted by atomic mass is 16.5. The van der Waals surface area contributed by atoms with E-state index in [9.17, 15) is 4.79 Å². The minimum Gasteiger partial charge on any atom is -0.350 e. The monoisotopic (exact) mass is 207 g/mol. The molecule has 15 heavy (non-hydrogen) atoms. The molecule has 0 spiro atoms. The van der Waals surface area contributed by atoms with Gasteiger partial charge in [0.15, 0.2) is 0 Å². The Morgan fingerprint density at radius 2 is 2.40 bits per heavy atom. The third kappa shape index (κ3) is 1.63. The molecule has 3 rings (SSSR count). The molecule has 5 heteroatoms. The Labute approximate surface area is 87.2 Å². The third-order valence-electron chi connectivity index (χ3n) is 2.83. The van der Waals surface area contributed by atoms with Crippen molar-refractivity contribution in [2.24, 2.45) is 0 Å². The number of nitrogens with zero attached hydrogens (tertiary/aromatic N) is 1. The van der Waals surface area contributed by atoms with E-state index in [0.29, 0.717) is 18.3 Å². The van der Waals surface area contributed by atoms with E-state index in [0.717, 1.165) is 37.1 Å². The number of fused-ring (bicyclic) bond motifs is 1. The number of carbonyl (C=O) groups excluding carboxylic acids is 1. The zero-order valence-electron chi connectivity index (χ0n) is 8.38. The largest absolute Gasteiger partial charge is 0.350 e. The van der Waals surface area contributed by atoms with Crippen molar-refractivity contribution >= 4 is 5.91 Å². The number of hydrogen-bond acceptors (Lipinski definition) is 4. The van der Waals surface area contributed by atoms with E-state index in [1.807, 2.05) is 0 Å². The van der Waals surface area contributed by atoms with Gasteiger partial charge in [-0.1, -0.05) is 5.16 Å². The fourth-order valence-electron chi connectivity index (χ4n) is 1.80. The van der Waals surface area contributed by atoms with Gasteiger partial charge in [0.2, 0.25) is 5.76 Å². The molecule has 5 nitrogen and oxygen atoms in total. The van der Waals surface area contributed by atoms with Gasteiger partial charge in [-0.05, 0) is 12.8 Å². The van der Waals surface area contributed by atoms with Crippen LogP contribution in [0, 0.1) is 0 Å². The molecular weight excluding hydrogens is 194 g/mol. The molecule has 0 atom stereocenters. The molecular formula is C10H13N3O2. The highest BCUT2D eigenvalue weighted by Crippen LogP contribution is 2.22. The maximum Gasteiger partial charge on any atom is 0.290 e. The highest BCUT2D eigenvalue weighted by Gasteiger charge is 2.29. The van der Waals surface area contributed by atoms with Gasteiger partial charge in [0.05, 0.1) is 5.69 Å². The SMILES string of the molecule is O=C(NC1CC1)c1onc2c1CNCC2. The lowest BCUT2D eigenvalue weighted by Gasteiger charge is -2.10. The molecule has 1 amide bonds. The molecule has 1 aliphatic carbocycles. The van der Waals surface area contributed by atoms with Crippen LogP contribution in [0.4, 0.5) is 0 Å². The molecule has 1 aliphatic heterocycles. The standard InChI is InChI=1S/C10H13N3O2/c14-10(12-6-1-2-6)9-7-5-11-4-3-8(7)13-15-9/h6,11H,1-5H2,(H,12,14). The van der Waals surface area contributed by atoms with Crippen LogP contribution in [0.1, 0.15) is 34.7 Å². The van der Waals surface area contributed by atoms with Crippen LogP contribution in [0.3, 0.4) is 0 Å². The summed E-state index contributed by atoms with van der Waals surface area (Å²) < 4.78 is 5.11. The van der Waals surface area contributed by atoms with Crippen molar-refractivity contribution in [2.75, 3.05) is 6.54 Å². The number of amides is 1. The zero-order chi connectivity index (χ0) is 10.3. The quantitative estimate of drug-likeness (QED) is 0.727. The highest BCUT2D eigenvalue weighted by molar-refractivity contribution is 5.93. The first-order chi connectivity index (χ1) is 7.34. The van der Waals surface area contributed by atoms with Gasteiger partial charge in [-0.3, -0.25) is 4.79 Å². The van der Waals surface area contributed by atoms with E-state index >= 15 is 0 Å². The molecule has 1 aromatic heterocycles. The smallest absolute Gasteiger partial charge is 0.290 e. The van der Waals surface area contributed by atoms with E-state index in [-0.39, 0.29) is 5.91 Å². The van der Waals surface area contributed by atoms with Crippen LogP contribution in [0.15, 0.2) is 4.52 Å². The van der Waals surface area contributed by atoms with Crippen LogP contribution in [0.25, 0.3) is 0 Å². The van der Waals surface area contributed by atoms with E-state index < -0.39 is 0 Å². The average Bonchev–Trinajstić information content (AvgIpc) is 2.96. The predicted octanol–water partition coefficient (Wildman–Crippen LogP) is 0.212. The maximum atomic E-state index is 11.8. The summed E-state index contributed by atoms with van der Waals surface area (Å²) in [5.74, 6) is 0.277. The van der Waals surface area contributed by atoms with Crippen molar-refractivity contribution in [1.29, 1.82) is 0 Å². The normalized spacial score (nSPS) is 19.7. The van der Waals surface area contributed by atoms with Crippen LogP contribution in [-0.4, -0.2) is 23.7 Å². The van der Waals surface area contributed by atoms with Gasteiger partial charge in [0, 0.05) is 31.1 Å². The topological polar surface area (TPSA) is 67.2 Å². The van der Waals surface area contributed by atoms with Crippen molar-refractivity contribution in [3.05, 3.63) is 17.0 Å². The molecule has 2 heterocycles. The Balaban J connectivity index is 1.83. The second kappa shape index (κ2) is 3.34. The maximum absolute atomic E-state index is 11.8. The van der Waals surface area contributed by atoms with Gasteiger partial charge < -0.3 is 15.2 Å². The second-order valence-corrected chi connectivity index (χ2v) is 4.11. The fourth-order valence-corrected chi connectivity index (χ4v) is 1.80. The van der Waals surface area contributed by atoms with Crippen LogP contribution in [0.5, 0.6) is 0 Å². The predicted molar refractivity (Wildman–Crippen MR) is 52.4 cm³/mol. The molecule has 0 aromatic carbocycles. The molecule has 0 radical (unpaired) electrons. The van der Waals surface area contributed by atoms with Crippen LogP contribution in [-0.2, 0) is 13.0 Å². The van der Waals surface area contributed by atoms with Crippen LogP contribution < -0.4 is 10.6 Å². The molecule has 0 unspecified atom stereocenters. The van der Waals surface area contributed by atoms with Crippen molar-refractivity contribution < 1.29 is 9.32 Å². The Morgan fingerprint density at radius 1 is 1.53 bits per heavy atom. The molecule has 80 valence electrons. The molecule has 2 N–H and O–H groups in total. The van der Waals surface area contributed by atoms with E-state index in [1.165, 1.54) is 0 Å². The molecule has 0 saturated heterocycles. The lowest BCUT2D eigenvalue weighted by Crippen LogP contribution is -2.29. The number of hydrogen-bond donors (Lipinski definition) is 2. The summed E-state index contributed by atoms with van der Waals surface area (Å²) in [6.45, 7) is 1.59. The summed E-state index contributed by atoms with van der Waals surface area (Å²) in [7, 11) is 0. The number of rotatable bonds is 2. The van der Waals surface area contributed by atoms with Gasteiger partial charge in [0.25, 0.3) is 5.91 Å². The van der Waals surface area contributed by atoms with E-state index in [1.54, 1.807) is 0 Å². The Hall–Kier alpha value is -1.36. The zero-order valence-corrected chi connectivity index (χ0v) is 8.38. The fraction of sp³-hybridized carbons (Fsp3) is 0.600. The van der Waals surface area contributed by atoms with Crippen molar-refractivity contribution in [3.8, 4) is 0 Å². The van der Waals surface area contributed by atoms with E-state index in [2.05, 4.69) is 15.8 Å². The number of carbonyl (C=O) groups is 1. The minimum atomic E-state index is -0.116. The molecule has 1 fully saturated rings. The van der Waals surface area contributed by atoms with Crippen LogP contribution >= 0.6 is 0 Å². The van der Waals surface area contributed by atoms with E-state index in [4.69, 9.17) is 4.52 Å². The number of aromatic nitrogens is 1. The Bertz CT molecular complexity index is 395. The second-order valence-electron chi connectivity index (χ2n) is 4.11. The summed E-state index contributed by atoms with van der Waals surface area (Å²) in [4.78, 5) is 11.8. The molecule has 1 saturated carbocycles. The summed E-state index contributed by atoms with van der Waals surface area (Å²) in [6, 6.07) is 0.356. The third-order valence-corrected chi connectivity index (χ3v) is 2.83. The van der Waals surface area contributed by atoms with Crippen molar-refractivity contribution in [3.63, 3.8) is 0 Å². The summed E-state index contributed by atoms with van der Waals surface area (Å²) >= 11 is 0. The van der Waals surface area contributed by atoms with Crippen molar-refractivity contribution in [1.82, 2.24) is 15.8 Å². The lowest BCUT2D eigenvalue weighted by molar-refractivity contribution is 0.0912. The summed E-state index contributed by atoms with van der Waals surface area (Å²) in [5, 5.41) is 10.0. The molecule has 0 bridgehead atoms. The van der Waals surface area contributed by atoms with Gasteiger partial charge >= 0.3 is 0 Å². The first-order valence-corrected chi connectivity index (χ1v) is 5.33. The lowest BCUT2D eigenvalue weighted by atomic mass is 10.1. The average molecular weight is 207 g/mol. The first kappa shape index (κ1) is 8.91. The Morgan fingerprint density at radius 3 is 3.20 bits per heavy atom. The van der Waals surface area contributed by atoms with Gasteiger partial charge in [-0.25, -0.2) is 0 Å². The number of nitrogens with one attached hydrogen (secondary N) is 2. The van der Waals surface area contributed by atoms with Crippen molar-refractivity contribution in [2.45, 2.75) is 31.8 Å². The molecule has 2 aliphatic rings. The van der Waals surface area contributed by atoms with Crippen LogP contribution in [0.2, 0.25) is 0 Å². The first-order valence-electron chi connectivity index (χ1n) is 5.33. The Kier molecular flexibility index (Phi) is 1.98. The summed E-state index contributed by atoms with van der Waals surface area (Å²) in [5.41, 5.74) is 1.86. The summed E-state index contributed by atoms with van der Waals surface area (Å²) in [6.07, 6.45) is 3.01. The van der Waals surface area contributed by atoms with Gasteiger partial charge in [-0.15, -0.1) is 0 Å². The van der Waals surface area contributed by atoms with Gasteiger partial charge in [-0.2, -0.15) is 0 Å². The van der Waals surface area contributed by atoms with Gasteiger partial charge in [0.1, 0.15) is 0 Å².